The second-order valence-electron chi connectivity index (χ2n) is 5.75. The number of carbonyl (C=O) groups excluding carboxylic acids is 1. The fourth-order valence-corrected chi connectivity index (χ4v) is 3.02. The van der Waals surface area contributed by atoms with Crippen molar-refractivity contribution in [3.8, 4) is 0 Å². The van der Waals surface area contributed by atoms with Crippen LogP contribution in [-0.2, 0) is 11.3 Å². The molecule has 0 aliphatic carbocycles. The third kappa shape index (κ3) is 2.94. The zero-order valence-electron chi connectivity index (χ0n) is 12.4. The molecule has 5 heteroatoms. The van der Waals surface area contributed by atoms with Crippen molar-refractivity contribution in [1.29, 1.82) is 0 Å². The second kappa shape index (κ2) is 5.87. The fourth-order valence-electron chi connectivity index (χ4n) is 3.02. The minimum absolute atomic E-state index is 0.166. The average molecular weight is 286 g/mol. The third-order valence-electron chi connectivity index (χ3n) is 4.45. The molecule has 5 nitrogen and oxygen atoms in total. The topological polar surface area (TPSA) is 65.4 Å². The first-order valence-electron chi connectivity index (χ1n) is 7.46. The molecule has 1 aromatic carbocycles. The summed E-state index contributed by atoms with van der Waals surface area (Å²) in [6, 6.07) is 8.36. The van der Waals surface area contributed by atoms with Crippen molar-refractivity contribution >= 4 is 16.8 Å². The zero-order valence-corrected chi connectivity index (χ0v) is 12.4. The van der Waals surface area contributed by atoms with Gasteiger partial charge in [0.05, 0.1) is 6.04 Å². The number of piperazine rings is 1. The predicted molar refractivity (Wildman–Crippen MR) is 83.8 cm³/mol. The summed E-state index contributed by atoms with van der Waals surface area (Å²) in [5.74, 6) is -0.236. The number of amides is 1. The van der Waals surface area contributed by atoms with Crippen molar-refractivity contribution in [2.45, 2.75) is 19.5 Å². The van der Waals surface area contributed by atoms with E-state index in [2.05, 4.69) is 39.0 Å². The Kier molecular flexibility index (Phi) is 3.94. The fraction of sp³-hybridized carbons (Fsp3) is 0.438. The largest absolute Gasteiger partial charge is 0.368 e. The van der Waals surface area contributed by atoms with Gasteiger partial charge in [0.1, 0.15) is 0 Å². The maximum absolute atomic E-state index is 11.3. The molecule has 3 N–H and O–H groups in total. The van der Waals surface area contributed by atoms with Crippen molar-refractivity contribution in [1.82, 2.24) is 14.8 Å². The van der Waals surface area contributed by atoms with Gasteiger partial charge in [-0.2, -0.15) is 0 Å². The molecule has 0 saturated carbocycles. The molecule has 2 heterocycles. The number of H-pyrrole nitrogens is 1. The van der Waals surface area contributed by atoms with Gasteiger partial charge in [0.15, 0.2) is 0 Å². The van der Waals surface area contributed by atoms with Gasteiger partial charge >= 0.3 is 0 Å². The molecule has 112 valence electrons. The van der Waals surface area contributed by atoms with Crippen molar-refractivity contribution in [2.75, 3.05) is 26.2 Å². The molecule has 1 aliphatic rings. The summed E-state index contributed by atoms with van der Waals surface area (Å²) in [6.45, 7) is 6.57. The van der Waals surface area contributed by atoms with Crippen LogP contribution in [0.15, 0.2) is 30.5 Å². The molecule has 1 aliphatic heterocycles. The van der Waals surface area contributed by atoms with Gasteiger partial charge in [-0.05, 0) is 24.6 Å². The van der Waals surface area contributed by atoms with Gasteiger partial charge in [-0.1, -0.05) is 12.1 Å². The van der Waals surface area contributed by atoms with Crippen LogP contribution in [0.2, 0.25) is 0 Å². The lowest BCUT2D eigenvalue weighted by Crippen LogP contribution is -2.52. The Labute approximate surface area is 124 Å². The average Bonchev–Trinajstić information content (AvgIpc) is 2.97. The number of carbonyl (C=O) groups is 1. The molecular weight excluding hydrogens is 264 g/mol. The third-order valence-corrected chi connectivity index (χ3v) is 4.45. The number of hydrogen-bond acceptors (Lipinski definition) is 3. The number of aromatic nitrogens is 1. The molecule has 0 radical (unpaired) electrons. The van der Waals surface area contributed by atoms with Crippen LogP contribution in [0.1, 0.15) is 12.5 Å². The van der Waals surface area contributed by atoms with Crippen LogP contribution in [0.4, 0.5) is 0 Å². The monoisotopic (exact) mass is 286 g/mol. The van der Waals surface area contributed by atoms with Gasteiger partial charge in [0, 0.05) is 49.8 Å². The van der Waals surface area contributed by atoms with E-state index in [4.69, 9.17) is 5.73 Å². The lowest BCUT2D eigenvalue weighted by atomic mass is 10.1. The van der Waals surface area contributed by atoms with E-state index >= 15 is 0 Å². The summed E-state index contributed by atoms with van der Waals surface area (Å²) in [6.07, 6.45) is 1.99. The number of aromatic amines is 1. The first kappa shape index (κ1) is 14.1. The van der Waals surface area contributed by atoms with Gasteiger partial charge in [0.2, 0.25) is 5.91 Å². The number of nitrogens with zero attached hydrogens (tertiary/aromatic N) is 2. The minimum atomic E-state index is -0.236. The quantitative estimate of drug-likeness (QED) is 0.886. The Balaban J connectivity index is 1.63. The van der Waals surface area contributed by atoms with Crippen molar-refractivity contribution < 1.29 is 4.79 Å². The first-order chi connectivity index (χ1) is 10.1. The molecule has 1 unspecified atom stereocenters. The minimum Gasteiger partial charge on any atom is -0.368 e. The van der Waals surface area contributed by atoms with Gasteiger partial charge in [-0.3, -0.25) is 14.6 Å². The summed E-state index contributed by atoms with van der Waals surface area (Å²) >= 11 is 0. The van der Waals surface area contributed by atoms with E-state index in [-0.39, 0.29) is 11.9 Å². The van der Waals surface area contributed by atoms with Crippen LogP contribution in [-0.4, -0.2) is 52.9 Å². The normalized spacial score (nSPS) is 18.9. The Bertz CT molecular complexity index is 628. The van der Waals surface area contributed by atoms with Crippen molar-refractivity contribution in [2.24, 2.45) is 5.73 Å². The number of fused-ring (bicyclic) bond motifs is 1. The molecule has 1 fully saturated rings. The Morgan fingerprint density at radius 2 is 2.05 bits per heavy atom. The van der Waals surface area contributed by atoms with Crippen LogP contribution >= 0.6 is 0 Å². The van der Waals surface area contributed by atoms with Crippen LogP contribution < -0.4 is 5.73 Å². The summed E-state index contributed by atoms with van der Waals surface area (Å²) in [7, 11) is 0. The number of primary amides is 1. The highest BCUT2D eigenvalue weighted by Crippen LogP contribution is 2.19. The van der Waals surface area contributed by atoms with E-state index in [1.807, 2.05) is 13.1 Å². The van der Waals surface area contributed by atoms with E-state index in [9.17, 15) is 4.79 Å². The van der Waals surface area contributed by atoms with E-state index in [0.29, 0.717) is 0 Å². The summed E-state index contributed by atoms with van der Waals surface area (Å²) in [5, 5.41) is 1.30. The van der Waals surface area contributed by atoms with E-state index in [1.54, 1.807) is 0 Å². The molecule has 1 amide bonds. The second-order valence-corrected chi connectivity index (χ2v) is 5.75. The molecule has 3 rings (SSSR count). The summed E-state index contributed by atoms with van der Waals surface area (Å²) < 4.78 is 0. The number of nitrogens with one attached hydrogen (secondary N) is 1. The van der Waals surface area contributed by atoms with Gasteiger partial charge in [-0.15, -0.1) is 0 Å². The maximum Gasteiger partial charge on any atom is 0.234 e. The van der Waals surface area contributed by atoms with Crippen molar-refractivity contribution in [3.63, 3.8) is 0 Å². The van der Waals surface area contributed by atoms with E-state index in [1.165, 1.54) is 16.5 Å². The first-order valence-corrected chi connectivity index (χ1v) is 7.46. The molecule has 2 aromatic rings. The number of benzene rings is 1. The highest BCUT2D eigenvalue weighted by atomic mass is 16.1. The number of rotatable bonds is 4. The van der Waals surface area contributed by atoms with Crippen LogP contribution in [0.5, 0.6) is 0 Å². The zero-order chi connectivity index (χ0) is 14.8. The molecule has 1 atom stereocenters. The maximum atomic E-state index is 11.3. The molecular formula is C16H22N4O. The summed E-state index contributed by atoms with van der Waals surface area (Å²) in [5.41, 5.74) is 7.92. The Hall–Kier alpha value is -1.85. The predicted octanol–water partition coefficient (Wildman–Crippen LogP) is 1.16. The lowest BCUT2D eigenvalue weighted by Gasteiger charge is -2.37. The van der Waals surface area contributed by atoms with Gasteiger partial charge in [-0.25, -0.2) is 0 Å². The number of nitrogens with two attached hydrogens (primary N) is 1. The highest BCUT2D eigenvalue weighted by molar-refractivity contribution is 5.82. The Morgan fingerprint density at radius 1 is 1.29 bits per heavy atom. The molecule has 1 aromatic heterocycles. The van der Waals surface area contributed by atoms with Gasteiger partial charge in [0.25, 0.3) is 0 Å². The smallest absolute Gasteiger partial charge is 0.234 e. The molecule has 0 bridgehead atoms. The van der Waals surface area contributed by atoms with Gasteiger partial charge < -0.3 is 10.7 Å². The van der Waals surface area contributed by atoms with Crippen molar-refractivity contribution in [3.05, 3.63) is 36.0 Å². The van der Waals surface area contributed by atoms with E-state index in [0.717, 1.165) is 32.7 Å². The van der Waals surface area contributed by atoms with Crippen LogP contribution in [0, 0.1) is 0 Å². The SMILES string of the molecule is CC(C(N)=O)N1CCN(Cc2cccc3[nH]ccc23)CC1. The lowest BCUT2D eigenvalue weighted by molar-refractivity contribution is -0.123. The van der Waals surface area contributed by atoms with E-state index < -0.39 is 0 Å². The van der Waals surface area contributed by atoms with Crippen LogP contribution in [0.3, 0.4) is 0 Å². The molecule has 1 saturated heterocycles. The van der Waals surface area contributed by atoms with Crippen LogP contribution in [0.25, 0.3) is 10.9 Å². The Morgan fingerprint density at radius 3 is 2.76 bits per heavy atom. The summed E-state index contributed by atoms with van der Waals surface area (Å²) in [4.78, 5) is 19.1. The number of hydrogen-bond donors (Lipinski definition) is 2. The standard InChI is InChI=1S/C16H22N4O/c1-12(16(17)21)20-9-7-19(8-10-20)11-13-3-2-4-15-14(13)5-6-18-15/h2-6,12,18H,7-11H2,1H3,(H2,17,21). The highest BCUT2D eigenvalue weighted by Gasteiger charge is 2.24. The molecule has 21 heavy (non-hydrogen) atoms. The molecule has 0 spiro atoms.